The Balaban J connectivity index is 2.05. The van der Waals surface area contributed by atoms with Crippen LogP contribution in [-0.2, 0) is 6.54 Å². The molecular weight excluding hydrogens is 266 g/mol. The van der Waals surface area contributed by atoms with E-state index in [4.69, 9.17) is 10.6 Å². The van der Waals surface area contributed by atoms with Gasteiger partial charge >= 0.3 is 0 Å². The highest BCUT2D eigenvalue weighted by atomic mass is 16.5. The van der Waals surface area contributed by atoms with E-state index in [1.54, 1.807) is 19.2 Å². The molecule has 0 unspecified atom stereocenters. The molecule has 0 saturated heterocycles. The second-order valence-electron chi connectivity index (χ2n) is 4.72. The molecule has 0 saturated carbocycles. The number of ether oxygens (including phenoxy) is 1. The average molecular weight is 285 g/mol. The topological polar surface area (TPSA) is 76.4 Å². The van der Waals surface area contributed by atoms with E-state index in [2.05, 4.69) is 10.7 Å². The van der Waals surface area contributed by atoms with Crippen molar-refractivity contribution in [1.29, 1.82) is 0 Å². The largest absolute Gasteiger partial charge is 0.497 e. The van der Waals surface area contributed by atoms with Gasteiger partial charge in [0, 0.05) is 6.54 Å². The minimum absolute atomic E-state index is 0.164. The summed E-state index contributed by atoms with van der Waals surface area (Å²) in [5.41, 5.74) is 5.68. The maximum atomic E-state index is 12.2. The first-order chi connectivity index (χ1) is 10.1. The van der Waals surface area contributed by atoms with Crippen molar-refractivity contribution in [2.75, 3.05) is 12.5 Å². The smallest absolute Gasteiger partial charge is 0.253 e. The van der Waals surface area contributed by atoms with E-state index < -0.39 is 0 Å². The van der Waals surface area contributed by atoms with Gasteiger partial charge in [-0.3, -0.25) is 10.6 Å². The van der Waals surface area contributed by atoms with Gasteiger partial charge in [0.2, 0.25) is 0 Å². The molecule has 5 nitrogen and oxygen atoms in total. The highest BCUT2D eigenvalue weighted by Gasteiger charge is 2.10. The van der Waals surface area contributed by atoms with Crippen LogP contribution in [0, 0.1) is 6.92 Å². The number of aryl methyl sites for hydroxylation is 1. The van der Waals surface area contributed by atoms with E-state index in [-0.39, 0.29) is 5.91 Å². The maximum Gasteiger partial charge on any atom is 0.253 e. The first-order valence-corrected chi connectivity index (χ1v) is 6.62. The lowest BCUT2D eigenvalue weighted by Gasteiger charge is -2.11. The molecule has 4 N–H and O–H groups in total. The predicted octanol–water partition coefficient (Wildman–Crippen LogP) is 2.22. The highest BCUT2D eigenvalue weighted by molar-refractivity contribution is 5.99. The van der Waals surface area contributed by atoms with Gasteiger partial charge in [-0.2, -0.15) is 0 Å². The number of anilines is 1. The van der Waals surface area contributed by atoms with Crippen LogP contribution in [0.5, 0.6) is 5.75 Å². The molecule has 0 fully saturated rings. The molecule has 110 valence electrons. The van der Waals surface area contributed by atoms with Crippen molar-refractivity contribution in [1.82, 2.24) is 5.32 Å². The van der Waals surface area contributed by atoms with Crippen LogP contribution in [0.25, 0.3) is 0 Å². The van der Waals surface area contributed by atoms with Gasteiger partial charge in [-0.05, 0) is 36.8 Å². The van der Waals surface area contributed by atoms with Gasteiger partial charge < -0.3 is 15.5 Å². The van der Waals surface area contributed by atoms with Gasteiger partial charge in [-0.25, -0.2) is 0 Å². The summed E-state index contributed by atoms with van der Waals surface area (Å²) in [4.78, 5) is 12.2. The van der Waals surface area contributed by atoms with Crippen LogP contribution in [-0.4, -0.2) is 13.0 Å². The zero-order valence-electron chi connectivity index (χ0n) is 12.1. The molecular formula is C16H19N3O2. The first-order valence-electron chi connectivity index (χ1n) is 6.62. The third kappa shape index (κ3) is 3.73. The van der Waals surface area contributed by atoms with E-state index in [0.29, 0.717) is 17.8 Å². The van der Waals surface area contributed by atoms with Gasteiger partial charge in [0.1, 0.15) is 5.75 Å². The molecule has 0 radical (unpaired) electrons. The number of hydrogen-bond acceptors (Lipinski definition) is 4. The molecule has 0 atom stereocenters. The molecule has 0 aliphatic rings. The number of benzene rings is 2. The number of carbonyl (C=O) groups is 1. The second-order valence-corrected chi connectivity index (χ2v) is 4.72. The number of carbonyl (C=O) groups excluding carboxylic acids is 1. The summed E-state index contributed by atoms with van der Waals surface area (Å²) in [5, 5.41) is 2.88. The highest BCUT2D eigenvalue weighted by Crippen LogP contribution is 2.16. The summed E-state index contributed by atoms with van der Waals surface area (Å²) in [7, 11) is 1.62. The zero-order chi connectivity index (χ0) is 15.2. The van der Waals surface area contributed by atoms with E-state index in [9.17, 15) is 4.79 Å². The summed E-state index contributed by atoms with van der Waals surface area (Å²) in [6.45, 7) is 2.38. The lowest BCUT2D eigenvalue weighted by atomic mass is 10.1. The number of hydrogen-bond donors (Lipinski definition) is 3. The number of methoxy groups -OCH3 is 1. The Morgan fingerprint density at radius 3 is 2.52 bits per heavy atom. The third-order valence-electron chi connectivity index (χ3n) is 3.19. The van der Waals surface area contributed by atoms with Gasteiger partial charge in [0.25, 0.3) is 5.91 Å². The molecule has 0 aliphatic heterocycles. The number of rotatable bonds is 5. The summed E-state index contributed by atoms with van der Waals surface area (Å²) >= 11 is 0. The minimum atomic E-state index is -0.164. The van der Waals surface area contributed by atoms with E-state index in [1.165, 1.54) is 0 Å². The fourth-order valence-electron chi connectivity index (χ4n) is 1.99. The number of nitrogens with two attached hydrogens (primary N) is 1. The lowest BCUT2D eigenvalue weighted by molar-refractivity contribution is 0.0951. The Kier molecular flexibility index (Phi) is 4.79. The quantitative estimate of drug-likeness (QED) is 0.581. The van der Waals surface area contributed by atoms with Gasteiger partial charge in [-0.1, -0.05) is 23.8 Å². The van der Waals surface area contributed by atoms with Crippen molar-refractivity contribution in [3.8, 4) is 5.75 Å². The maximum absolute atomic E-state index is 12.2. The third-order valence-corrected chi connectivity index (χ3v) is 3.19. The van der Waals surface area contributed by atoms with Crippen LogP contribution in [0.2, 0.25) is 0 Å². The van der Waals surface area contributed by atoms with Gasteiger partial charge in [-0.15, -0.1) is 0 Å². The monoisotopic (exact) mass is 285 g/mol. The number of amides is 1. The second kappa shape index (κ2) is 6.76. The van der Waals surface area contributed by atoms with Crippen molar-refractivity contribution in [2.24, 2.45) is 5.84 Å². The molecule has 2 aromatic carbocycles. The van der Waals surface area contributed by atoms with E-state index in [0.717, 1.165) is 16.9 Å². The first kappa shape index (κ1) is 14.9. The number of nitrogens with one attached hydrogen (secondary N) is 2. The molecule has 0 aliphatic carbocycles. The van der Waals surface area contributed by atoms with Crippen LogP contribution >= 0.6 is 0 Å². The lowest BCUT2D eigenvalue weighted by Crippen LogP contribution is -2.24. The summed E-state index contributed by atoms with van der Waals surface area (Å²) in [5.74, 6) is 6.06. The fourth-order valence-corrected chi connectivity index (χ4v) is 1.99. The Morgan fingerprint density at radius 1 is 1.19 bits per heavy atom. The Hall–Kier alpha value is -2.53. The summed E-state index contributed by atoms with van der Waals surface area (Å²) in [6.07, 6.45) is 0. The van der Waals surface area contributed by atoms with Crippen molar-refractivity contribution in [2.45, 2.75) is 13.5 Å². The molecule has 5 heteroatoms. The van der Waals surface area contributed by atoms with Crippen LogP contribution < -0.4 is 21.3 Å². The normalized spacial score (nSPS) is 10.0. The summed E-state index contributed by atoms with van der Waals surface area (Å²) < 4.78 is 5.10. The summed E-state index contributed by atoms with van der Waals surface area (Å²) in [6, 6.07) is 13.0. The van der Waals surface area contributed by atoms with Crippen LogP contribution in [0.4, 0.5) is 5.69 Å². The Bertz CT molecular complexity index is 624. The van der Waals surface area contributed by atoms with Crippen molar-refractivity contribution in [3.63, 3.8) is 0 Å². The fraction of sp³-hybridized carbons (Fsp3) is 0.188. The Labute approximate surface area is 124 Å². The van der Waals surface area contributed by atoms with Crippen molar-refractivity contribution >= 4 is 11.6 Å². The van der Waals surface area contributed by atoms with Gasteiger partial charge in [0.05, 0.1) is 18.4 Å². The molecule has 0 aromatic heterocycles. The van der Waals surface area contributed by atoms with E-state index >= 15 is 0 Å². The predicted molar refractivity (Wildman–Crippen MR) is 83.2 cm³/mol. The van der Waals surface area contributed by atoms with Gasteiger partial charge in [0.15, 0.2) is 0 Å². The average Bonchev–Trinajstić information content (AvgIpc) is 2.53. The van der Waals surface area contributed by atoms with Crippen molar-refractivity contribution < 1.29 is 9.53 Å². The molecule has 2 rings (SSSR count). The molecule has 0 spiro atoms. The SMILES string of the molecule is COc1ccc(CNC(=O)c2cc(C)ccc2NN)cc1. The minimum Gasteiger partial charge on any atom is -0.497 e. The number of nitrogen functional groups attached to an aromatic ring is 1. The molecule has 0 heterocycles. The van der Waals surface area contributed by atoms with Crippen LogP contribution in [0.15, 0.2) is 42.5 Å². The zero-order valence-corrected chi connectivity index (χ0v) is 12.1. The molecule has 21 heavy (non-hydrogen) atoms. The standard InChI is InChI=1S/C16H19N3O2/c1-11-3-8-15(19-17)14(9-11)16(20)18-10-12-4-6-13(21-2)7-5-12/h3-9,19H,10,17H2,1-2H3,(H,18,20). The van der Waals surface area contributed by atoms with E-state index in [1.807, 2.05) is 37.3 Å². The van der Waals surface area contributed by atoms with Crippen LogP contribution in [0.1, 0.15) is 21.5 Å². The molecule has 0 bridgehead atoms. The van der Waals surface area contributed by atoms with Crippen molar-refractivity contribution in [3.05, 3.63) is 59.2 Å². The molecule has 2 aromatic rings. The Morgan fingerprint density at radius 2 is 1.90 bits per heavy atom. The number of hydrazine groups is 1. The van der Waals surface area contributed by atoms with Crippen LogP contribution in [0.3, 0.4) is 0 Å². The molecule has 1 amide bonds.